The zero-order valence-corrected chi connectivity index (χ0v) is 13.8. The molecular weight excluding hydrogens is 296 g/mol. The van der Waals surface area contributed by atoms with Crippen molar-refractivity contribution >= 4 is 33.6 Å². The highest BCUT2D eigenvalue weighted by Crippen LogP contribution is 2.16. The van der Waals surface area contributed by atoms with E-state index in [0.29, 0.717) is 5.69 Å². The van der Waals surface area contributed by atoms with Crippen LogP contribution in [0.25, 0.3) is 12.2 Å². The molecule has 0 spiro atoms. The molecule has 0 aliphatic carbocycles. The average molecular weight is 316 g/mol. The Kier molecular flexibility index (Phi) is 4.88. The maximum absolute atomic E-state index is 11.1. The zero-order valence-electron chi connectivity index (χ0n) is 12.9. The highest BCUT2D eigenvalue weighted by molar-refractivity contribution is 7.92. The van der Waals surface area contributed by atoms with E-state index in [0.717, 1.165) is 23.1 Å². The van der Waals surface area contributed by atoms with Crippen molar-refractivity contribution in [3.8, 4) is 0 Å². The summed E-state index contributed by atoms with van der Waals surface area (Å²) < 4.78 is 24.7. The second kappa shape index (κ2) is 6.66. The van der Waals surface area contributed by atoms with Gasteiger partial charge in [0.05, 0.1) is 6.26 Å². The van der Waals surface area contributed by atoms with Gasteiger partial charge in [0, 0.05) is 25.5 Å². The van der Waals surface area contributed by atoms with Crippen LogP contribution < -0.4 is 9.62 Å². The van der Waals surface area contributed by atoms with Gasteiger partial charge in [0.25, 0.3) is 0 Å². The summed E-state index contributed by atoms with van der Waals surface area (Å²) in [4.78, 5) is 2.06. The molecule has 5 heteroatoms. The van der Waals surface area contributed by atoms with E-state index in [4.69, 9.17) is 0 Å². The van der Waals surface area contributed by atoms with Crippen LogP contribution in [0.5, 0.6) is 0 Å². The molecule has 0 aliphatic heterocycles. The van der Waals surface area contributed by atoms with Gasteiger partial charge in [-0.05, 0) is 35.4 Å². The molecule has 2 aromatic rings. The summed E-state index contributed by atoms with van der Waals surface area (Å²) >= 11 is 0. The van der Waals surface area contributed by atoms with E-state index >= 15 is 0 Å². The minimum absolute atomic E-state index is 0.565. The predicted molar refractivity (Wildman–Crippen MR) is 94.6 cm³/mol. The maximum atomic E-state index is 11.1. The molecule has 0 saturated heterocycles. The van der Waals surface area contributed by atoms with Crippen molar-refractivity contribution < 1.29 is 8.42 Å². The van der Waals surface area contributed by atoms with E-state index in [-0.39, 0.29) is 0 Å². The van der Waals surface area contributed by atoms with Crippen molar-refractivity contribution in [1.29, 1.82) is 0 Å². The number of hydrogen-bond donors (Lipinski definition) is 1. The summed E-state index contributed by atoms with van der Waals surface area (Å²) in [5.74, 6) is 0. The fraction of sp³-hybridized carbons (Fsp3) is 0.176. The van der Waals surface area contributed by atoms with Crippen molar-refractivity contribution in [3.05, 3.63) is 59.7 Å². The quantitative estimate of drug-likeness (QED) is 0.861. The first-order valence-corrected chi connectivity index (χ1v) is 8.76. The van der Waals surface area contributed by atoms with Crippen LogP contribution in [0.15, 0.2) is 48.5 Å². The lowest BCUT2D eigenvalue weighted by atomic mass is 10.1. The Morgan fingerprint density at radius 1 is 0.864 bits per heavy atom. The van der Waals surface area contributed by atoms with E-state index in [1.54, 1.807) is 12.1 Å². The van der Waals surface area contributed by atoms with Crippen molar-refractivity contribution in [2.45, 2.75) is 0 Å². The Bertz CT molecular complexity index is 746. The van der Waals surface area contributed by atoms with E-state index in [9.17, 15) is 8.42 Å². The van der Waals surface area contributed by atoms with Gasteiger partial charge in [-0.25, -0.2) is 8.42 Å². The number of sulfonamides is 1. The summed E-state index contributed by atoms with van der Waals surface area (Å²) in [6.45, 7) is 0. The van der Waals surface area contributed by atoms with Crippen LogP contribution in [0.2, 0.25) is 0 Å². The molecule has 1 N–H and O–H groups in total. The van der Waals surface area contributed by atoms with Gasteiger partial charge >= 0.3 is 0 Å². The first kappa shape index (κ1) is 16.1. The number of benzene rings is 2. The van der Waals surface area contributed by atoms with Crippen LogP contribution in [-0.2, 0) is 10.0 Å². The second-order valence-electron chi connectivity index (χ2n) is 5.32. The predicted octanol–water partition coefficient (Wildman–Crippen LogP) is 3.29. The molecule has 0 heterocycles. The standard InChI is InChI=1S/C17H20N2O2S/c1-19(2)17-12-8-15(9-13-17)5-4-14-6-10-16(11-7-14)18-22(3,20)21/h4-13,18H,1-3H3/b5-4+. The van der Waals surface area contributed by atoms with Crippen molar-refractivity contribution in [3.63, 3.8) is 0 Å². The summed E-state index contributed by atoms with van der Waals surface area (Å²) in [7, 11) is 0.793. The van der Waals surface area contributed by atoms with Crippen LogP contribution in [0.3, 0.4) is 0 Å². The van der Waals surface area contributed by atoms with Crippen molar-refractivity contribution in [2.24, 2.45) is 0 Å². The number of hydrogen-bond acceptors (Lipinski definition) is 3. The fourth-order valence-corrected chi connectivity index (χ4v) is 2.52. The number of nitrogens with one attached hydrogen (secondary N) is 1. The lowest BCUT2D eigenvalue weighted by Crippen LogP contribution is -2.09. The number of rotatable bonds is 5. The Hall–Kier alpha value is -2.27. The molecule has 2 rings (SSSR count). The third-order valence-electron chi connectivity index (χ3n) is 3.09. The van der Waals surface area contributed by atoms with Gasteiger partial charge in [-0.3, -0.25) is 4.72 Å². The Balaban J connectivity index is 2.06. The number of anilines is 2. The van der Waals surface area contributed by atoms with E-state index in [2.05, 4.69) is 33.9 Å². The van der Waals surface area contributed by atoms with Crippen LogP contribution in [-0.4, -0.2) is 28.8 Å². The second-order valence-corrected chi connectivity index (χ2v) is 7.06. The lowest BCUT2D eigenvalue weighted by Gasteiger charge is -2.11. The van der Waals surface area contributed by atoms with Crippen LogP contribution in [0, 0.1) is 0 Å². The van der Waals surface area contributed by atoms with Gasteiger partial charge in [-0.1, -0.05) is 36.4 Å². The molecule has 0 saturated carbocycles. The third-order valence-corrected chi connectivity index (χ3v) is 3.70. The van der Waals surface area contributed by atoms with Gasteiger partial charge in [-0.2, -0.15) is 0 Å². The van der Waals surface area contributed by atoms with Crippen LogP contribution in [0.1, 0.15) is 11.1 Å². The van der Waals surface area contributed by atoms with Gasteiger partial charge in [0.1, 0.15) is 0 Å². The van der Waals surface area contributed by atoms with Gasteiger partial charge < -0.3 is 4.90 Å². The van der Waals surface area contributed by atoms with E-state index in [1.807, 2.05) is 38.4 Å². The molecule has 0 aliphatic rings. The monoisotopic (exact) mass is 316 g/mol. The largest absolute Gasteiger partial charge is 0.378 e. The van der Waals surface area contributed by atoms with Crippen LogP contribution in [0.4, 0.5) is 11.4 Å². The van der Waals surface area contributed by atoms with Gasteiger partial charge in [0.2, 0.25) is 10.0 Å². The molecule has 0 radical (unpaired) electrons. The van der Waals surface area contributed by atoms with Crippen molar-refractivity contribution in [1.82, 2.24) is 0 Å². The highest BCUT2D eigenvalue weighted by atomic mass is 32.2. The average Bonchev–Trinajstić information content (AvgIpc) is 2.45. The molecule has 0 aromatic heterocycles. The summed E-state index contributed by atoms with van der Waals surface area (Å²) in [6, 6.07) is 15.5. The first-order chi connectivity index (χ1) is 10.3. The van der Waals surface area contributed by atoms with Crippen molar-refractivity contribution in [2.75, 3.05) is 30.0 Å². The molecule has 0 unspecified atom stereocenters. The fourth-order valence-electron chi connectivity index (χ4n) is 1.95. The topological polar surface area (TPSA) is 49.4 Å². The molecule has 2 aromatic carbocycles. The zero-order chi connectivity index (χ0) is 16.2. The summed E-state index contributed by atoms with van der Waals surface area (Å²) in [5.41, 5.74) is 3.85. The molecular formula is C17H20N2O2S. The molecule has 4 nitrogen and oxygen atoms in total. The van der Waals surface area contributed by atoms with Crippen LogP contribution >= 0.6 is 0 Å². The first-order valence-electron chi connectivity index (χ1n) is 6.87. The Morgan fingerprint density at radius 2 is 1.32 bits per heavy atom. The summed E-state index contributed by atoms with van der Waals surface area (Å²) in [5, 5.41) is 0. The molecule has 0 amide bonds. The smallest absolute Gasteiger partial charge is 0.229 e. The summed E-state index contributed by atoms with van der Waals surface area (Å²) in [6.07, 6.45) is 5.16. The highest BCUT2D eigenvalue weighted by Gasteiger charge is 2.00. The normalized spacial score (nSPS) is 11.6. The molecule has 0 atom stereocenters. The van der Waals surface area contributed by atoms with Gasteiger partial charge in [0.15, 0.2) is 0 Å². The molecule has 116 valence electrons. The minimum atomic E-state index is -3.23. The maximum Gasteiger partial charge on any atom is 0.229 e. The van der Waals surface area contributed by atoms with Gasteiger partial charge in [-0.15, -0.1) is 0 Å². The number of nitrogens with zero attached hydrogens (tertiary/aromatic N) is 1. The molecule has 22 heavy (non-hydrogen) atoms. The third kappa shape index (κ3) is 4.93. The minimum Gasteiger partial charge on any atom is -0.378 e. The Labute approximate surface area is 132 Å². The van der Waals surface area contributed by atoms with E-state index < -0.39 is 10.0 Å². The lowest BCUT2D eigenvalue weighted by molar-refractivity contribution is 0.607. The SMILES string of the molecule is CN(C)c1ccc(/C=C/c2ccc(NS(C)(=O)=O)cc2)cc1. The van der Waals surface area contributed by atoms with E-state index in [1.165, 1.54) is 0 Å². The Morgan fingerprint density at radius 3 is 1.73 bits per heavy atom. The molecule has 0 bridgehead atoms. The molecule has 0 fully saturated rings.